The molecule has 0 fully saturated rings. The van der Waals surface area contributed by atoms with Crippen LogP contribution in [-0.2, 0) is 6.54 Å². The van der Waals surface area contributed by atoms with Crippen LogP contribution < -0.4 is 5.73 Å². The number of aromatic amines is 1. The van der Waals surface area contributed by atoms with E-state index in [9.17, 15) is 9.90 Å². The van der Waals surface area contributed by atoms with E-state index in [0.29, 0.717) is 11.3 Å². The molecule has 0 aliphatic heterocycles. The third-order valence-electron chi connectivity index (χ3n) is 4.30. The first kappa shape index (κ1) is 19.2. The zero-order chi connectivity index (χ0) is 20.3. The van der Waals surface area contributed by atoms with Gasteiger partial charge < -0.3 is 15.8 Å². The van der Waals surface area contributed by atoms with Gasteiger partial charge in [-0.1, -0.05) is 26.0 Å². The number of pyridine rings is 1. The number of aryl methyl sites for hydroxylation is 1. The summed E-state index contributed by atoms with van der Waals surface area (Å²) in [6.45, 7) is 6.73. The number of fused-ring (bicyclic) bond motifs is 1. The average Bonchev–Trinajstić information content (AvgIpc) is 3.34. The van der Waals surface area contributed by atoms with Crippen molar-refractivity contribution in [2.75, 3.05) is 5.73 Å². The summed E-state index contributed by atoms with van der Waals surface area (Å²) in [6.07, 6.45) is 3.62. The van der Waals surface area contributed by atoms with Crippen LogP contribution in [0.15, 0.2) is 48.8 Å². The number of nitrogen functional groups attached to an aromatic ring is 1. The summed E-state index contributed by atoms with van der Waals surface area (Å²) in [7, 11) is 0. The highest BCUT2D eigenvalue weighted by Gasteiger charge is 2.18. The van der Waals surface area contributed by atoms with Crippen LogP contribution in [0.2, 0.25) is 0 Å². The van der Waals surface area contributed by atoms with Crippen LogP contribution in [0.3, 0.4) is 0 Å². The minimum absolute atomic E-state index is 0.105. The molecule has 0 aliphatic carbocycles. The van der Waals surface area contributed by atoms with Gasteiger partial charge in [0.2, 0.25) is 0 Å². The fraction of sp³-hybridized carbons (Fsp3) is 0.190. The topological polar surface area (TPSA) is 110 Å². The highest BCUT2D eigenvalue weighted by atomic mass is 16.4. The van der Waals surface area contributed by atoms with Gasteiger partial charge in [-0.15, -0.1) is 0 Å². The zero-order valence-corrected chi connectivity index (χ0v) is 16.1. The molecule has 7 nitrogen and oxygen atoms in total. The lowest BCUT2D eigenvalue weighted by Gasteiger charge is -2.05. The number of rotatable bonds is 4. The maximum Gasteiger partial charge on any atom is 0.352 e. The van der Waals surface area contributed by atoms with Crippen molar-refractivity contribution >= 4 is 22.7 Å². The number of carbonyl (C=O) groups is 1. The van der Waals surface area contributed by atoms with Crippen molar-refractivity contribution < 1.29 is 9.90 Å². The molecule has 0 atom stereocenters. The highest BCUT2D eigenvalue weighted by Crippen LogP contribution is 2.35. The minimum Gasteiger partial charge on any atom is -0.477 e. The summed E-state index contributed by atoms with van der Waals surface area (Å²) < 4.78 is 1.85. The molecule has 144 valence electrons. The molecule has 3 heterocycles. The quantitative estimate of drug-likeness (QED) is 0.456. The number of hydrogen-bond acceptors (Lipinski definition) is 4. The number of aromatic carboxylic acids is 1. The van der Waals surface area contributed by atoms with Gasteiger partial charge in [0.25, 0.3) is 0 Å². The Balaban J connectivity index is 0.00000109. The molecule has 4 aromatic rings. The van der Waals surface area contributed by atoms with E-state index in [1.807, 2.05) is 62.0 Å². The summed E-state index contributed by atoms with van der Waals surface area (Å²) in [5, 5.41) is 14.7. The number of carboxylic acids is 1. The van der Waals surface area contributed by atoms with Crippen LogP contribution in [0.4, 0.5) is 5.69 Å². The fourth-order valence-corrected chi connectivity index (χ4v) is 3.06. The number of aromatic nitrogens is 4. The first-order chi connectivity index (χ1) is 13.6. The standard InChI is InChI=1S/C19H17N5O2.C2H6/c1-2-24-10-15(17(23-24)11-4-3-5-12(20)8-11)13-6-7-21-18-14(13)9-16(22-18)19(25)26;1-2/h3-10H,2,20H2,1H3,(H,21,22)(H,25,26);1-2H3. The second-order valence-corrected chi connectivity index (χ2v) is 5.98. The van der Waals surface area contributed by atoms with Crippen LogP contribution in [0.1, 0.15) is 31.3 Å². The molecular weight excluding hydrogens is 354 g/mol. The zero-order valence-electron chi connectivity index (χ0n) is 16.1. The fourth-order valence-electron chi connectivity index (χ4n) is 3.06. The van der Waals surface area contributed by atoms with Gasteiger partial charge in [-0.05, 0) is 36.8 Å². The lowest BCUT2D eigenvalue weighted by atomic mass is 10.00. The van der Waals surface area contributed by atoms with Gasteiger partial charge in [-0.3, -0.25) is 4.68 Å². The van der Waals surface area contributed by atoms with Crippen LogP contribution in [0.25, 0.3) is 33.4 Å². The molecule has 0 radical (unpaired) electrons. The average molecular weight is 377 g/mol. The van der Waals surface area contributed by atoms with Crippen molar-refractivity contribution in [3.05, 3.63) is 54.5 Å². The maximum atomic E-state index is 11.3. The monoisotopic (exact) mass is 377 g/mol. The molecule has 0 saturated heterocycles. The Labute approximate surface area is 162 Å². The number of benzene rings is 1. The summed E-state index contributed by atoms with van der Waals surface area (Å²) >= 11 is 0. The first-order valence-electron chi connectivity index (χ1n) is 9.21. The van der Waals surface area contributed by atoms with E-state index in [0.717, 1.165) is 34.3 Å². The number of nitrogens with zero attached hydrogens (tertiary/aromatic N) is 3. The van der Waals surface area contributed by atoms with E-state index in [-0.39, 0.29) is 5.69 Å². The molecule has 0 aliphatic rings. The second kappa shape index (κ2) is 7.96. The number of nitrogens with one attached hydrogen (secondary N) is 1. The third kappa shape index (κ3) is 3.46. The van der Waals surface area contributed by atoms with Gasteiger partial charge in [-0.25, -0.2) is 9.78 Å². The van der Waals surface area contributed by atoms with Gasteiger partial charge in [-0.2, -0.15) is 5.10 Å². The SMILES string of the molecule is CC.CCn1cc(-c2ccnc3[nH]c(C(=O)O)cc23)c(-c2cccc(N)c2)n1. The molecule has 3 aromatic heterocycles. The smallest absolute Gasteiger partial charge is 0.352 e. The molecule has 4 N–H and O–H groups in total. The van der Waals surface area contributed by atoms with Crippen LogP contribution in [-0.4, -0.2) is 30.8 Å². The Hall–Kier alpha value is -3.61. The van der Waals surface area contributed by atoms with E-state index < -0.39 is 5.97 Å². The molecule has 28 heavy (non-hydrogen) atoms. The minimum atomic E-state index is -1.02. The van der Waals surface area contributed by atoms with E-state index in [2.05, 4.69) is 15.1 Å². The van der Waals surface area contributed by atoms with Gasteiger partial charge in [0.15, 0.2) is 0 Å². The molecular formula is C21H23N5O2. The van der Waals surface area contributed by atoms with E-state index in [1.54, 1.807) is 12.3 Å². The summed E-state index contributed by atoms with van der Waals surface area (Å²) in [6, 6.07) is 11.0. The van der Waals surface area contributed by atoms with Crippen molar-refractivity contribution in [1.29, 1.82) is 0 Å². The number of carboxylic acid groups (broad SMARTS) is 1. The Bertz CT molecular complexity index is 1130. The predicted molar refractivity (Wildman–Crippen MR) is 111 cm³/mol. The van der Waals surface area contributed by atoms with Crippen molar-refractivity contribution in [1.82, 2.24) is 19.7 Å². The largest absolute Gasteiger partial charge is 0.477 e. The first-order valence-corrected chi connectivity index (χ1v) is 9.21. The molecule has 7 heteroatoms. The van der Waals surface area contributed by atoms with Crippen molar-refractivity contribution in [2.45, 2.75) is 27.3 Å². The molecule has 0 bridgehead atoms. The third-order valence-corrected chi connectivity index (χ3v) is 4.30. The number of hydrogen-bond donors (Lipinski definition) is 3. The lowest BCUT2D eigenvalue weighted by Crippen LogP contribution is -1.94. The molecule has 0 saturated carbocycles. The van der Waals surface area contributed by atoms with Gasteiger partial charge in [0, 0.05) is 41.1 Å². The number of nitrogens with two attached hydrogens (primary N) is 1. The van der Waals surface area contributed by atoms with Crippen molar-refractivity contribution in [2.24, 2.45) is 0 Å². The predicted octanol–water partition coefficient (Wildman–Crippen LogP) is 4.42. The Kier molecular flexibility index (Phi) is 5.44. The Morgan fingerprint density at radius 3 is 2.68 bits per heavy atom. The van der Waals surface area contributed by atoms with Crippen LogP contribution >= 0.6 is 0 Å². The number of anilines is 1. The Morgan fingerprint density at radius 1 is 1.21 bits per heavy atom. The molecule has 0 spiro atoms. The summed E-state index contributed by atoms with van der Waals surface area (Å²) in [5.41, 5.74) is 10.7. The second-order valence-electron chi connectivity index (χ2n) is 5.98. The maximum absolute atomic E-state index is 11.3. The highest BCUT2D eigenvalue weighted by molar-refractivity contribution is 6.01. The van der Waals surface area contributed by atoms with E-state index >= 15 is 0 Å². The normalized spacial score (nSPS) is 10.5. The van der Waals surface area contributed by atoms with E-state index in [1.165, 1.54) is 0 Å². The molecule has 1 aromatic carbocycles. The van der Waals surface area contributed by atoms with E-state index in [4.69, 9.17) is 5.73 Å². The van der Waals surface area contributed by atoms with Crippen molar-refractivity contribution in [3.8, 4) is 22.4 Å². The van der Waals surface area contributed by atoms with Crippen molar-refractivity contribution in [3.63, 3.8) is 0 Å². The number of H-pyrrole nitrogens is 1. The lowest BCUT2D eigenvalue weighted by molar-refractivity contribution is 0.0691. The van der Waals surface area contributed by atoms with Gasteiger partial charge in [0.05, 0.1) is 0 Å². The summed E-state index contributed by atoms with van der Waals surface area (Å²) in [4.78, 5) is 18.4. The Morgan fingerprint density at radius 2 is 2.00 bits per heavy atom. The molecule has 4 rings (SSSR count). The summed E-state index contributed by atoms with van der Waals surface area (Å²) in [5.74, 6) is -1.02. The molecule has 0 unspecified atom stereocenters. The molecule has 0 amide bonds. The van der Waals surface area contributed by atoms with Gasteiger partial charge in [0.1, 0.15) is 17.0 Å². The van der Waals surface area contributed by atoms with Crippen LogP contribution in [0.5, 0.6) is 0 Å². The van der Waals surface area contributed by atoms with Gasteiger partial charge >= 0.3 is 5.97 Å². The van der Waals surface area contributed by atoms with Crippen LogP contribution in [0, 0.1) is 0 Å².